The maximum atomic E-state index is 11.5. The van der Waals surface area contributed by atoms with Crippen molar-refractivity contribution in [1.29, 1.82) is 0 Å². The highest BCUT2D eigenvalue weighted by molar-refractivity contribution is 5.86. The van der Waals surface area contributed by atoms with Gasteiger partial charge in [0.1, 0.15) is 0 Å². The molecule has 0 aliphatic heterocycles. The fourth-order valence-corrected chi connectivity index (χ4v) is 1.16. The number of aldehydes is 1. The molecule has 0 aromatic carbocycles. The van der Waals surface area contributed by atoms with Gasteiger partial charge in [0.25, 0.3) is 0 Å². The quantitative estimate of drug-likeness (QED) is 0.665. The zero-order valence-electron chi connectivity index (χ0n) is 7.86. The van der Waals surface area contributed by atoms with Crippen LogP contribution in [0.25, 0.3) is 0 Å². The molecule has 0 atom stereocenters. The molecule has 0 saturated carbocycles. The van der Waals surface area contributed by atoms with Crippen LogP contribution < -0.4 is 0 Å². The largest absolute Gasteiger partial charge is 0.296 e. The number of hydrogen-bond acceptors (Lipinski definition) is 2. The molecule has 0 aliphatic rings. The lowest BCUT2D eigenvalue weighted by Gasteiger charge is -2.05. The van der Waals surface area contributed by atoms with Crippen molar-refractivity contribution in [2.24, 2.45) is 5.92 Å². The Balaban J connectivity index is 2.82. The molecule has 3 heteroatoms. The van der Waals surface area contributed by atoms with Crippen LogP contribution in [-0.2, 0) is 0 Å². The molecule has 0 radical (unpaired) electrons. The van der Waals surface area contributed by atoms with E-state index in [1.807, 2.05) is 13.8 Å². The van der Waals surface area contributed by atoms with Crippen LogP contribution in [0.3, 0.4) is 0 Å². The minimum absolute atomic E-state index is 0.0258. The Labute approximate surface area is 77.4 Å². The fourth-order valence-electron chi connectivity index (χ4n) is 1.16. The predicted octanol–water partition coefficient (Wildman–Crippen LogP) is 1.99. The molecule has 1 aromatic heterocycles. The molecule has 13 heavy (non-hydrogen) atoms. The summed E-state index contributed by atoms with van der Waals surface area (Å²) in [4.78, 5) is 22.0. The first-order chi connectivity index (χ1) is 6.15. The Morgan fingerprint density at radius 2 is 2.31 bits per heavy atom. The van der Waals surface area contributed by atoms with Gasteiger partial charge >= 0.3 is 0 Å². The van der Waals surface area contributed by atoms with E-state index >= 15 is 0 Å². The second kappa shape index (κ2) is 4.03. The third-order valence-corrected chi connectivity index (χ3v) is 1.75. The van der Waals surface area contributed by atoms with Gasteiger partial charge in [0.2, 0.25) is 5.91 Å². The maximum absolute atomic E-state index is 11.5. The number of aromatic nitrogens is 1. The Kier molecular flexibility index (Phi) is 3.01. The number of nitrogens with zero attached hydrogens (tertiary/aromatic N) is 1. The maximum Gasteiger partial charge on any atom is 0.231 e. The average Bonchev–Trinajstić information content (AvgIpc) is 2.49. The Morgan fingerprint density at radius 3 is 2.85 bits per heavy atom. The zero-order chi connectivity index (χ0) is 9.84. The first-order valence-corrected chi connectivity index (χ1v) is 4.31. The number of hydrogen-bond donors (Lipinski definition) is 0. The van der Waals surface area contributed by atoms with Crippen LogP contribution in [0.15, 0.2) is 18.3 Å². The molecule has 0 aliphatic carbocycles. The van der Waals surface area contributed by atoms with Crippen molar-refractivity contribution < 1.29 is 9.59 Å². The summed E-state index contributed by atoms with van der Waals surface area (Å²) >= 11 is 0. The molecule has 70 valence electrons. The van der Waals surface area contributed by atoms with Crippen LogP contribution in [0.5, 0.6) is 0 Å². The minimum atomic E-state index is -0.0258. The van der Waals surface area contributed by atoms with Crippen LogP contribution in [0.1, 0.15) is 35.6 Å². The summed E-state index contributed by atoms with van der Waals surface area (Å²) in [5.74, 6) is 0.288. The van der Waals surface area contributed by atoms with Crippen LogP contribution >= 0.6 is 0 Å². The summed E-state index contributed by atoms with van der Waals surface area (Å²) in [6, 6.07) is 3.33. The van der Waals surface area contributed by atoms with Gasteiger partial charge in [0.15, 0.2) is 6.29 Å². The van der Waals surface area contributed by atoms with E-state index in [0.29, 0.717) is 24.3 Å². The standard InChI is InChI=1S/C10H13NO2/c1-8(2)6-10(13)11-5-3-4-9(11)7-12/h3-5,7-8H,6H2,1-2H3. The Morgan fingerprint density at radius 1 is 1.62 bits per heavy atom. The van der Waals surface area contributed by atoms with Crippen LogP contribution in [0.4, 0.5) is 0 Å². The van der Waals surface area contributed by atoms with Gasteiger partial charge in [-0.2, -0.15) is 0 Å². The predicted molar refractivity (Wildman–Crippen MR) is 49.9 cm³/mol. The first kappa shape index (κ1) is 9.71. The van der Waals surface area contributed by atoms with Crippen molar-refractivity contribution in [2.75, 3.05) is 0 Å². The smallest absolute Gasteiger partial charge is 0.231 e. The van der Waals surface area contributed by atoms with Gasteiger partial charge in [-0.05, 0) is 18.1 Å². The molecular formula is C10H13NO2. The summed E-state index contributed by atoms with van der Waals surface area (Å²) in [6.07, 6.45) is 2.78. The van der Waals surface area contributed by atoms with Gasteiger partial charge in [-0.1, -0.05) is 13.8 Å². The fraction of sp³-hybridized carbons (Fsp3) is 0.400. The molecular weight excluding hydrogens is 166 g/mol. The van der Waals surface area contributed by atoms with Gasteiger partial charge in [-0.25, -0.2) is 0 Å². The van der Waals surface area contributed by atoms with E-state index in [4.69, 9.17) is 0 Å². The van der Waals surface area contributed by atoms with Gasteiger partial charge < -0.3 is 0 Å². The van der Waals surface area contributed by atoms with E-state index in [-0.39, 0.29) is 5.91 Å². The summed E-state index contributed by atoms with van der Waals surface area (Å²) in [6.45, 7) is 3.95. The monoisotopic (exact) mass is 179 g/mol. The van der Waals surface area contributed by atoms with E-state index in [1.54, 1.807) is 18.3 Å². The van der Waals surface area contributed by atoms with Crippen molar-refractivity contribution in [3.05, 3.63) is 24.0 Å². The summed E-state index contributed by atoms with van der Waals surface area (Å²) in [5.41, 5.74) is 0.422. The highest BCUT2D eigenvalue weighted by atomic mass is 16.2. The molecule has 0 spiro atoms. The third-order valence-electron chi connectivity index (χ3n) is 1.75. The van der Waals surface area contributed by atoms with E-state index in [9.17, 15) is 9.59 Å². The van der Waals surface area contributed by atoms with Crippen molar-refractivity contribution in [2.45, 2.75) is 20.3 Å². The third kappa shape index (κ3) is 2.28. The van der Waals surface area contributed by atoms with E-state index < -0.39 is 0 Å². The lowest BCUT2D eigenvalue weighted by molar-refractivity contribution is 0.0876. The number of carbonyl (C=O) groups excluding carboxylic acids is 2. The topological polar surface area (TPSA) is 39.1 Å². The van der Waals surface area contributed by atoms with Gasteiger partial charge in [0.05, 0.1) is 5.69 Å². The number of rotatable bonds is 3. The lowest BCUT2D eigenvalue weighted by Crippen LogP contribution is -2.14. The zero-order valence-corrected chi connectivity index (χ0v) is 7.86. The molecule has 1 aromatic rings. The summed E-state index contributed by atoms with van der Waals surface area (Å²) in [7, 11) is 0. The summed E-state index contributed by atoms with van der Waals surface area (Å²) < 4.78 is 1.40. The molecule has 1 rings (SSSR count). The number of carbonyl (C=O) groups is 2. The normalized spacial score (nSPS) is 10.4. The van der Waals surface area contributed by atoms with Gasteiger partial charge in [0, 0.05) is 12.6 Å². The molecule has 0 unspecified atom stereocenters. The molecule has 3 nitrogen and oxygen atoms in total. The van der Waals surface area contributed by atoms with Crippen molar-refractivity contribution >= 4 is 12.2 Å². The highest BCUT2D eigenvalue weighted by Gasteiger charge is 2.09. The second-order valence-corrected chi connectivity index (χ2v) is 3.41. The van der Waals surface area contributed by atoms with Crippen molar-refractivity contribution in [3.63, 3.8) is 0 Å². The molecule has 0 bridgehead atoms. The second-order valence-electron chi connectivity index (χ2n) is 3.41. The van der Waals surface area contributed by atoms with E-state index in [0.717, 1.165) is 0 Å². The molecule has 1 heterocycles. The van der Waals surface area contributed by atoms with Gasteiger partial charge in [-0.15, -0.1) is 0 Å². The molecule has 0 N–H and O–H groups in total. The van der Waals surface area contributed by atoms with Crippen molar-refractivity contribution in [3.8, 4) is 0 Å². The minimum Gasteiger partial charge on any atom is -0.296 e. The highest BCUT2D eigenvalue weighted by Crippen LogP contribution is 2.06. The molecule has 0 fully saturated rings. The first-order valence-electron chi connectivity index (χ1n) is 4.31. The average molecular weight is 179 g/mol. The molecule has 0 amide bonds. The van der Waals surface area contributed by atoms with Crippen LogP contribution in [0.2, 0.25) is 0 Å². The van der Waals surface area contributed by atoms with E-state index in [2.05, 4.69) is 0 Å². The van der Waals surface area contributed by atoms with Gasteiger partial charge in [-0.3, -0.25) is 14.2 Å². The Hall–Kier alpha value is -1.38. The Bertz CT molecular complexity index is 312. The van der Waals surface area contributed by atoms with Crippen LogP contribution in [-0.4, -0.2) is 16.8 Å². The summed E-state index contributed by atoms with van der Waals surface area (Å²) in [5, 5.41) is 0. The van der Waals surface area contributed by atoms with Crippen LogP contribution in [0, 0.1) is 5.92 Å². The lowest BCUT2D eigenvalue weighted by atomic mass is 10.1. The van der Waals surface area contributed by atoms with E-state index in [1.165, 1.54) is 4.57 Å². The SMILES string of the molecule is CC(C)CC(=O)n1cccc1C=O. The molecule has 0 saturated heterocycles. The van der Waals surface area contributed by atoms with Crippen molar-refractivity contribution in [1.82, 2.24) is 4.57 Å².